The van der Waals surface area contributed by atoms with Crippen LogP contribution >= 0.6 is 0 Å². The van der Waals surface area contributed by atoms with Gasteiger partial charge in [-0.3, -0.25) is 9.59 Å². The number of aryl methyl sites for hydroxylation is 1. The Bertz CT molecular complexity index is 485. The molecule has 0 radical (unpaired) electrons. The van der Waals surface area contributed by atoms with E-state index in [9.17, 15) is 9.59 Å². The first-order valence-electron chi connectivity index (χ1n) is 6.69. The van der Waals surface area contributed by atoms with Gasteiger partial charge in [0, 0.05) is 13.1 Å². The molecule has 1 aliphatic rings. The van der Waals surface area contributed by atoms with Gasteiger partial charge in [0.2, 0.25) is 11.8 Å². The summed E-state index contributed by atoms with van der Waals surface area (Å²) in [5.41, 5.74) is 7.50. The van der Waals surface area contributed by atoms with Gasteiger partial charge in [-0.15, -0.1) is 0 Å². The summed E-state index contributed by atoms with van der Waals surface area (Å²) < 4.78 is 0. The van der Waals surface area contributed by atoms with E-state index >= 15 is 0 Å². The first-order valence-corrected chi connectivity index (χ1v) is 6.69. The van der Waals surface area contributed by atoms with Crippen LogP contribution in [0, 0.1) is 12.8 Å². The molecule has 19 heavy (non-hydrogen) atoms. The molecule has 1 atom stereocenters. The molecule has 0 saturated carbocycles. The average Bonchev–Trinajstić information content (AvgIpc) is 2.39. The van der Waals surface area contributed by atoms with E-state index in [1.165, 1.54) is 0 Å². The Hall–Kier alpha value is -1.84. The van der Waals surface area contributed by atoms with E-state index in [4.69, 9.17) is 5.73 Å². The van der Waals surface area contributed by atoms with E-state index in [0.717, 1.165) is 30.5 Å². The van der Waals surface area contributed by atoms with Crippen molar-refractivity contribution in [3.05, 3.63) is 35.4 Å². The maximum absolute atomic E-state index is 12.2. The molecule has 1 aromatic carbocycles. The van der Waals surface area contributed by atoms with Crippen LogP contribution in [0.1, 0.15) is 24.0 Å². The van der Waals surface area contributed by atoms with Gasteiger partial charge in [0.15, 0.2) is 0 Å². The van der Waals surface area contributed by atoms with Gasteiger partial charge in [-0.2, -0.15) is 0 Å². The number of benzene rings is 1. The van der Waals surface area contributed by atoms with Crippen molar-refractivity contribution in [2.45, 2.75) is 26.2 Å². The van der Waals surface area contributed by atoms with E-state index in [0.29, 0.717) is 13.0 Å². The molecule has 4 heteroatoms. The smallest absolute Gasteiger partial charge is 0.227 e. The van der Waals surface area contributed by atoms with Crippen LogP contribution in [-0.2, 0) is 16.0 Å². The summed E-state index contributed by atoms with van der Waals surface area (Å²) in [5, 5.41) is 0. The minimum atomic E-state index is -0.298. The van der Waals surface area contributed by atoms with Crippen molar-refractivity contribution in [2.24, 2.45) is 11.7 Å². The third kappa shape index (κ3) is 3.56. The van der Waals surface area contributed by atoms with Crippen LogP contribution in [0.3, 0.4) is 0 Å². The molecule has 0 aliphatic carbocycles. The predicted octanol–water partition coefficient (Wildman–Crippen LogP) is 1.26. The molecule has 1 fully saturated rings. The van der Waals surface area contributed by atoms with Gasteiger partial charge in [-0.1, -0.05) is 29.8 Å². The number of nitrogens with two attached hydrogens (primary N) is 1. The lowest BCUT2D eigenvalue weighted by atomic mass is 9.97. The summed E-state index contributed by atoms with van der Waals surface area (Å²) >= 11 is 0. The zero-order valence-electron chi connectivity index (χ0n) is 11.3. The monoisotopic (exact) mass is 260 g/mol. The molecular formula is C15H20N2O2. The van der Waals surface area contributed by atoms with Crippen molar-refractivity contribution in [3.63, 3.8) is 0 Å². The van der Waals surface area contributed by atoms with Gasteiger partial charge in [0.25, 0.3) is 0 Å². The van der Waals surface area contributed by atoms with E-state index in [1.54, 1.807) is 4.90 Å². The lowest BCUT2D eigenvalue weighted by molar-refractivity contribution is -0.134. The second-order valence-electron chi connectivity index (χ2n) is 5.25. The van der Waals surface area contributed by atoms with Crippen molar-refractivity contribution in [2.75, 3.05) is 13.1 Å². The molecule has 0 spiro atoms. The molecule has 1 heterocycles. The number of piperidine rings is 1. The number of carbonyl (C=O) groups is 2. The van der Waals surface area contributed by atoms with Crippen LogP contribution in [0.25, 0.3) is 0 Å². The number of carbonyl (C=O) groups excluding carboxylic acids is 2. The third-order valence-electron chi connectivity index (χ3n) is 3.61. The van der Waals surface area contributed by atoms with Crippen molar-refractivity contribution in [1.82, 2.24) is 4.90 Å². The number of hydrogen-bond acceptors (Lipinski definition) is 2. The first kappa shape index (κ1) is 13.6. The Morgan fingerprint density at radius 1 is 1.42 bits per heavy atom. The van der Waals surface area contributed by atoms with Gasteiger partial charge < -0.3 is 10.6 Å². The van der Waals surface area contributed by atoms with Gasteiger partial charge in [-0.05, 0) is 25.3 Å². The number of primary amides is 1. The molecule has 1 saturated heterocycles. The van der Waals surface area contributed by atoms with Crippen LogP contribution in [0.5, 0.6) is 0 Å². The minimum absolute atomic E-state index is 0.0801. The maximum atomic E-state index is 12.2. The highest BCUT2D eigenvalue weighted by Crippen LogP contribution is 2.17. The highest BCUT2D eigenvalue weighted by Gasteiger charge is 2.26. The summed E-state index contributed by atoms with van der Waals surface area (Å²) in [5.74, 6) is -0.403. The molecular weight excluding hydrogens is 240 g/mol. The number of likely N-dealkylation sites (tertiary alicyclic amines) is 1. The molecule has 102 valence electrons. The maximum Gasteiger partial charge on any atom is 0.227 e. The number of nitrogens with zero attached hydrogens (tertiary/aromatic N) is 1. The number of amides is 2. The van der Waals surface area contributed by atoms with Gasteiger partial charge >= 0.3 is 0 Å². The second-order valence-corrected chi connectivity index (χ2v) is 5.25. The topological polar surface area (TPSA) is 63.4 Å². The van der Waals surface area contributed by atoms with Gasteiger partial charge in [0.05, 0.1) is 12.3 Å². The molecule has 1 aliphatic heterocycles. The third-order valence-corrected chi connectivity index (χ3v) is 3.61. The Balaban J connectivity index is 1.98. The van der Waals surface area contributed by atoms with Crippen LogP contribution < -0.4 is 5.73 Å². The fourth-order valence-electron chi connectivity index (χ4n) is 2.54. The van der Waals surface area contributed by atoms with E-state index in [1.807, 2.05) is 31.2 Å². The SMILES string of the molecule is Cc1cccc(CC(=O)N2CCC[C@H](C(N)=O)C2)c1. The van der Waals surface area contributed by atoms with Gasteiger partial charge in [0.1, 0.15) is 0 Å². The molecule has 2 amide bonds. The summed E-state index contributed by atoms with van der Waals surface area (Å²) in [6.07, 6.45) is 2.05. The quantitative estimate of drug-likeness (QED) is 0.889. The van der Waals surface area contributed by atoms with Crippen molar-refractivity contribution in [3.8, 4) is 0 Å². The van der Waals surface area contributed by atoms with E-state index in [2.05, 4.69) is 0 Å². The second kappa shape index (κ2) is 5.87. The van der Waals surface area contributed by atoms with Gasteiger partial charge in [-0.25, -0.2) is 0 Å². The predicted molar refractivity (Wildman–Crippen MR) is 73.4 cm³/mol. The number of rotatable bonds is 3. The Kier molecular flexibility index (Phi) is 4.20. The van der Waals surface area contributed by atoms with Crippen molar-refractivity contribution < 1.29 is 9.59 Å². The summed E-state index contributed by atoms with van der Waals surface area (Å²) in [6.45, 7) is 3.21. The van der Waals surface area contributed by atoms with Crippen LogP contribution in [0.15, 0.2) is 24.3 Å². The summed E-state index contributed by atoms with van der Waals surface area (Å²) in [7, 11) is 0. The lowest BCUT2D eigenvalue weighted by Crippen LogP contribution is -2.44. The Morgan fingerprint density at radius 2 is 2.21 bits per heavy atom. The highest BCUT2D eigenvalue weighted by atomic mass is 16.2. The zero-order valence-corrected chi connectivity index (χ0v) is 11.3. The average molecular weight is 260 g/mol. The molecule has 0 aromatic heterocycles. The van der Waals surface area contributed by atoms with Crippen molar-refractivity contribution in [1.29, 1.82) is 0 Å². The van der Waals surface area contributed by atoms with Crippen LogP contribution in [0.2, 0.25) is 0 Å². The normalized spacial score (nSPS) is 19.2. The zero-order chi connectivity index (χ0) is 13.8. The Labute approximate surface area is 113 Å². The molecule has 2 N–H and O–H groups in total. The largest absolute Gasteiger partial charge is 0.369 e. The van der Waals surface area contributed by atoms with E-state index < -0.39 is 0 Å². The molecule has 4 nitrogen and oxygen atoms in total. The van der Waals surface area contributed by atoms with Crippen molar-refractivity contribution >= 4 is 11.8 Å². The minimum Gasteiger partial charge on any atom is -0.369 e. The first-order chi connectivity index (χ1) is 9.06. The molecule has 1 aromatic rings. The summed E-state index contributed by atoms with van der Waals surface area (Å²) in [6, 6.07) is 7.95. The highest BCUT2D eigenvalue weighted by molar-refractivity contribution is 5.81. The fraction of sp³-hybridized carbons (Fsp3) is 0.467. The molecule has 0 unspecified atom stereocenters. The lowest BCUT2D eigenvalue weighted by Gasteiger charge is -2.31. The summed E-state index contributed by atoms with van der Waals surface area (Å²) in [4.78, 5) is 25.2. The Morgan fingerprint density at radius 3 is 2.89 bits per heavy atom. The fourth-order valence-corrected chi connectivity index (χ4v) is 2.54. The number of hydrogen-bond donors (Lipinski definition) is 1. The van der Waals surface area contributed by atoms with Crippen LogP contribution in [0.4, 0.5) is 0 Å². The molecule has 2 rings (SSSR count). The van der Waals surface area contributed by atoms with Crippen LogP contribution in [-0.4, -0.2) is 29.8 Å². The molecule has 0 bridgehead atoms. The standard InChI is InChI=1S/C15H20N2O2/c1-11-4-2-5-12(8-11)9-14(18)17-7-3-6-13(10-17)15(16)19/h2,4-5,8,13H,3,6-7,9-10H2,1H3,(H2,16,19)/t13-/m0/s1. The van der Waals surface area contributed by atoms with E-state index in [-0.39, 0.29) is 17.7 Å².